The molecule has 0 aromatic heterocycles. The second kappa shape index (κ2) is 6.89. The lowest BCUT2D eigenvalue weighted by Crippen LogP contribution is -2.39. The lowest BCUT2D eigenvalue weighted by Gasteiger charge is -2.36. The fourth-order valence-corrected chi connectivity index (χ4v) is 5.65. The Bertz CT molecular complexity index is 697. The van der Waals surface area contributed by atoms with Crippen LogP contribution in [0, 0.1) is 30.6 Å². The second-order valence-corrected chi connectivity index (χ2v) is 8.95. The monoisotopic (exact) mass is 454 g/mol. The molecular weight excluding hydrogens is 427 g/mol. The number of alkyl halides is 1. The summed E-state index contributed by atoms with van der Waals surface area (Å²) in [6, 6.07) is 6.00. The van der Waals surface area contributed by atoms with Crippen molar-refractivity contribution < 1.29 is 9.63 Å². The van der Waals surface area contributed by atoms with E-state index < -0.39 is 0 Å². The van der Waals surface area contributed by atoms with E-state index in [2.05, 4.69) is 53.0 Å². The molecule has 3 atom stereocenters. The van der Waals surface area contributed by atoms with E-state index in [1.165, 1.54) is 19.3 Å². The molecular formula is C20H27IN2O2. The van der Waals surface area contributed by atoms with Crippen LogP contribution in [0.25, 0.3) is 0 Å². The normalized spacial score (nSPS) is 32.2. The fourth-order valence-electron chi connectivity index (χ4n) is 4.67. The van der Waals surface area contributed by atoms with Gasteiger partial charge in [-0.15, -0.1) is 0 Å². The Morgan fingerprint density at radius 2 is 2.00 bits per heavy atom. The van der Waals surface area contributed by atoms with E-state index in [1.54, 1.807) is 0 Å². The third-order valence-electron chi connectivity index (χ3n) is 5.89. The van der Waals surface area contributed by atoms with Crippen LogP contribution in [-0.4, -0.2) is 22.7 Å². The number of hydrogen-bond acceptors (Lipinski definition) is 3. The second-order valence-electron chi connectivity index (χ2n) is 8.19. The van der Waals surface area contributed by atoms with Crippen LogP contribution >= 0.6 is 22.6 Å². The molecule has 5 heteroatoms. The first-order valence-electron chi connectivity index (χ1n) is 8.92. The maximum absolute atomic E-state index is 12.2. The first kappa shape index (κ1) is 18.7. The number of nitrogens with one attached hydrogen (secondary N) is 1. The average molecular weight is 454 g/mol. The molecule has 1 amide bonds. The smallest absolute Gasteiger partial charge is 0.265 e. The van der Waals surface area contributed by atoms with Gasteiger partial charge in [0.2, 0.25) is 0 Å². The van der Waals surface area contributed by atoms with Crippen LogP contribution in [0.5, 0.6) is 0 Å². The van der Waals surface area contributed by atoms with Gasteiger partial charge in [0.1, 0.15) is 0 Å². The Kier molecular flexibility index (Phi) is 5.15. The first-order valence-corrected chi connectivity index (χ1v) is 10.4. The maximum Gasteiger partial charge on any atom is 0.265 e. The molecule has 2 fully saturated rings. The molecule has 2 aliphatic carbocycles. The number of rotatable bonds is 5. The summed E-state index contributed by atoms with van der Waals surface area (Å²) in [7, 11) is 0. The molecule has 1 unspecified atom stereocenters. The number of amides is 1. The van der Waals surface area contributed by atoms with Gasteiger partial charge in [0.25, 0.3) is 5.91 Å². The van der Waals surface area contributed by atoms with Crippen LogP contribution in [-0.2, 0) is 9.63 Å². The Balaban J connectivity index is 1.63. The molecule has 1 aromatic carbocycles. The summed E-state index contributed by atoms with van der Waals surface area (Å²) >= 11 is 2.46. The molecule has 0 heterocycles. The van der Waals surface area contributed by atoms with E-state index in [1.807, 2.05) is 26.0 Å². The van der Waals surface area contributed by atoms with E-state index in [0.29, 0.717) is 5.92 Å². The highest BCUT2D eigenvalue weighted by Gasteiger charge is 2.59. The summed E-state index contributed by atoms with van der Waals surface area (Å²) in [5.41, 5.74) is 4.48. The number of nitrogens with zero attached hydrogens (tertiary/aromatic N) is 1. The van der Waals surface area contributed by atoms with Gasteiger partial charge < -0.3 is 10.2 Å². The molecule has 2 saturated carbocycles. The lowest BCUT2D eigenvalue weighted by molar-refractivity contribution is -0.120. The zero-order valence-electron chi connectivity index (χ0n) is 15.5. The summed E-state index contributed by atoms with van der Waals surface area (Å²) in [6.07, 6.45) is 3.66. The molecule has 0 radical (unpaired) electrons. The van der Waals surface area contributed by atoms with Crippen LogP contribution in [0.3, 0.4) is 0 Å². The molecule has 2 aliphatic rings. The van der Waals surface area contributed by atoms with Crippen LogP contribution in [0.4, 0.5) is 5.69 Å². The quantitative estimate of drug-likeness (QED) is 0.392. The Labute approximate surface area is 163 Å². The highest BCUT2D eigenvalue weighted by atomic mass is 127. The summed E-state index contributed by atoms with van der Waals surface area (Å²) in [5, 5.41) is 7.36. The molecule has 136 valence electrons. The van der Waals surface area contributed by atoms with Gasteiger partial charge in [-0.1, -0.05) is 47.7 Å². The number of hydrogen-bond donors (Lipinski definition) is 1. The molecule has 4 nitrogen and oxygen atoms in total. The standard InChI is InChI=1S/C20H27IN2O2/c1-13-7-14(2)9-16(8-13)22-17(24)11-25-23-18-19(3)6-5-15(10-19)20(18,4)12-21/h7-9,15H,5-6,10-12H2,1-4H3,(H,22,24)/b23-18+/t15-,19+,20?/m1/s1. The predicted molar refractivity (Wildman–Crippen MR) is 110 cm³/mol. The SMILES string of the molecule is Cc1cc(C)cc(NC(=O)CO/N=C2/C(C)(CI)[C@@H]3CC[C@@]2(C)C3)c1. The van der Waals surface area contributed by atoms with E-state index in [4.69, 9.17) is 4.84 Å². The van der Waals surface area contributed by atoms with Crippen LogP contribution in [0.1, 0.15) is 44.2 Å². The van der Waals surface area contributed by atoms with Gasteiger partial charge in [0, 0.05) is 20.9 Å². The summed E-state index contributed by atoms with van der Waals surface area (Å²) in [5.74, 6) is 0.527. The van der Waals surface area contributed by atoms with E-state index in [-0.39, 0.29) is 23.3 Å². The molecule has 1 aromatic rings. The van der Waals surface area contributed by atoms with Gasteiger partial charge in [-0.05, 0) is 62.3 Å². The third-order valence-corrected chi connectivity index (χ3v) is 7.47. The highest BCUT2D eigenvalue weighted by Crippen LogP contribution is 2.61. The summed E-state index contributed by atoms with van der Waals surface area (Å²) in [6.45, 7) is 8.58. The van der Waals surface area contributed by atoms with Gasteiger partial charge >= 0.3 is 0 Å². The van der Waals surface area contributed by atoms with Crippen molar-refractivity contribution in [2.45, 2.75) is 47.0 Å². The lowest BCUT2D eigenvalue weighted by atomic mass is 9.71. The van der Waals surface area contributed by atoms with Gasteiger partial charge in [0.15, 0.2) is 6.61 Å². The van der Waals surface area contributed by atoms with E-state index >= 15 is 0 Å². The topological polar surface area (TPSA) is 50.7 Å². The van der Waals surface area contributed by atoms with Crippen molar-refractivity contribution in [2.75, 3.05) is 16.4 Å². The maximum atomic E-state index is 12.2. The van der Waals surface area contributed by atoms with Crippen molar-refractivity contribution in [3.63, 3.8) is 0 Å². The van der Waals surface area contributed by atoms with E-state index in [9.17, 15) is 4.79 Å². The minimum absolute atomic E-state index is 0.0471. The Morgan fingerprint density at radius 3 is 2.64 bits per heavy atom. The van der Waals surface area contributed by atoms with Crippen molar-refractivity contribution in [3.8, 4) is 0 Å². The van der Waals surface area contributed by atoms with Crippen molar-refractivity contribution in [1.29, 1.82) is 0 Å². The molecule has 25 heavy (non-hydrogen) atoms. The van der Waals surface area contributed by atoms with Crippen LogP contribution in [0.15, 0.2) is 23.4 Å². The summed E-state index contributed by atoms with van der Waals surface area (Å²) in [4.78, 5) is 17.7. The van der Waals surface area contributed by atoms with Crippen molar-refractivity contribution in [3.05, 3.63) is 29.3 Å². The Hall–Kier alpha value is -1.11. The third kappa shape index (κ3) is 3.57. The highest BCUT2D eigenvalue weighted by molar-refractivity contribution is 14.1. The van der Waals surface area contributed by atoms with Crippen molar-refractivity contribution >= 4 is 39.9 Å². The van der Waals surface area contributed by atoms with Crippen LogP contribution < -0.4 is 5.32 Å². The number of oxime groups is 1. The zero-order chi connectivity index (χ0) is 18.2. The summed E-state index contributed by atoms with van der Waals surface area (Å²) < 4.78 is 1.04. The molecule has 0 saturated heterocycles. The molecule has 2 bridgehead atoms. The van der Waals surface area contributed by atoms with E-state index in [0.717, 1.165) is 27.0 Å². The fraction of sp³-hybridized carbons (Fsp3) is 0.600. The van der Waals surface area contributed by atoms with Crippen molar-refractivity contribution in [2.24, 2.45) is 21.9 Å². The van der Waals surface area contributed by atoms with Crippen molar-refractivity contribution in [1.82, 2.24) is 0 Å². The number of anilines is 1. The zero-order valence-corrected chi connectivity index (χ0v) is 17.6. The number of aryl methyl sites for hydroxylation is 2. The molecule has 3 rings (SSSR count). The first-order chi connectivity index (χ1) is 11.8. The molecule has 0 aliphatic heterocycles. The number of carbonyl (C=O) groups excluding carboxylic acids is 1. The van der Waals surface area contributed by atoms with Gasteiger partial charge in [-0.2, -0.15) is 0 Å². The molecule has 0 spiro atoms. The minimum atomic E-state index is -0.168. The van der Waals surface area contributed by atoms with Gasteiger partial charge in [-0.25, -0.2) is 0 Å². The molecule has 1 N–H and O–H groups in total. The number of halogens is 1. The average Bonchev–Trinajstić information content (AvgIpc) is 3.01. The minimum Gasteiger partial charge on any atom is -0.386 e. The Morgan fingerprint density at radius 1 is 1.32 bits per heavy atom. The van der Waals surface area contributed by atoms with Gasteiger partial charge in [-0.3, -0.25) is 4.79 Å². The predicted octanol–water partition coefficient (Wildman–Crippen LogP) is 4.88. The number of benzene rings is 1. The van der Waals surface area contributed by atoms with Crippen LogP contribution in [0.2, 0.25) is 0 Å². The van der Waals surface area contributed by atoms with Gasteiger partial charge in [0.05, 0.1) is 5.71 Å². The number of fused-ring (bicyclic) bond motifs is 2. The largest absolute Gasteiger partial charge is 0.386 e. The number of carbonyl (C=O) groups is 1.